The molecule has 0 aliphatic carbocycles. The second kappa shape index (κ2) is 6.78. The van der Waals surface area contributed by atoms with Crippen molar-refractivity contribution in [3.63, 3.8) is 0 Å². The molecule has 2 aromatic rings. The summed E-state index contributed by atoms with van der Waals surface area (Å²) in [5, 5.41) is 3.04. The first-order valence-corrected chi connectivity index (χ1v) is 8.62. The van der Waals surface area contributed by atoms with E-state index in [1.165, 1.54) is 0 Å². The second-order valence-corrected chi connectivity index (χ2v) is 6.48. The van der Waals surface area contributed by atoms with Gasteiger partial charge in [0.2, 0.25) is 12.7 Å². The van der Waals surface area contributed by atoms with E-state index < -0.39 is 0 Å². The quantitative estimate of drug-likeness (QED) is 0.912. The fourth-order valence-electron chi connectivity index (χ4n) is 3.49. The van der Waals surface area contributed by atoms with E-state index in [0.717, 1.165) is 41.2 Å². The number of anilines is 1. The molecule has 6 nitrogen and oxygen atoms in total. The Balaban J connectivity index is 1.54. The lowest BCUT2D eigenvalue weighted by Crippen LogP contribution is -2.23. The number of hydrogen-bond acceptors (Lipinski definition) is 5. The van der Waals surface area contributed by atoms with Crippen LogP contribution in [0.15, 0.2) is 30.3 Å². The Morgan fingerprint density at radius 3 is 2.65 bits per heavy atom. The maximum Gasteiger partial charge on any atom is 0.231 e. The van der Waals surface area contributed by atoms with Gasteiger partial charge in [-0.05, 0) is 48.6 Å². The summed E-state index contributed by atoms with van der Waals surface area (Å²) in [6.45, 7) is 0.252. The Morgan fingerprint density at radius 1 is 1.08 bits per heavy atom. The average Bonchev–Trinajstić information content (AvgIpc) is 3.07. The Morgan fingerprint density at radius 2 is 1.85 bits per heavy atom. The molecule has 0 aromatic heterocycles. The molecule has 136 valence electrons. The van der Waals surface area contributed by atoms with E-state index in [1.54, 1.807) is 14.2 Å². The predicted molar refractivity (Wildman–Crippen MR) is 96.3 cm³/mol. The van der Waals surface area contributed by atoms with Crippen molar-refractivity contribution in [2.75, 3.05) is 26.3 Å². The summed E-state index contributed by atoms with van der Waals surface area (Å²) in [6, 6.07) is 9.62. The highest BCUT2D eigenvalue weighted by molar-refractivity contribution is 5.94. The standard InChI is InChI=1S/C20H21NO5/c1-23-17-9-13-4-5-14(20(22)21-15(13)10-18(17)24-2)7-12-3-6-16-19(8-12)26-11-25-16/h3,6,8-10,14H,4-5,7,11H2,1-2H3,(H,21,22). The van der Waals surface area contributed by atoms with Crippen LogP contribution in [0.25, 0.3) is 0 Å². The Labute approximate surface area is 152 Å². The number of methoxy groups -OCH3 is 2. The lowest BCUT2D eigenvalue weighted by atomic mass is 9.93. The first kappa shape index (κ1) is 16.6. The molecule has 2 heterocycles. The van der Waals surface area contributed by atoms with Gasteiger partial charge in [-0.25, -0.2) is 0 Å². The van der Waals surface area contributed by atoms with Gasteiger partial charge in [-0.2, -0.15) is 0 Å². The van der Waals surface area contributed by atoms with Crippen molar-refractivity contribution in [2.45, 2.75) is 19.3 Å². The van der Waals surface area contributed by atoms with Crippen molar-refractivity contribution in [3.8, 4) is 23.0 Å². The summed E-state index contributed by atoms with van der Waals surface area (Å²) in [6.07, 6.45) is 2.22. The van der Waals surface area contributed by atoms with Gasteiger partial charge in [-0.1, -0.05) is 6.07 Å². The van der Waals surface area contributed by atoms with Crippen molar-refractivity contribution >= 4 is 11.6 Å². The number of carbonyl (C=O) groups is 1. The molecule has 0 spiro atoms. The molecular weight excluding hydrogens is 334 g/mol. The zero-order valence-corrected chi connectivity index (χ0v) is 14.8. The molecular formula is C20H21NO5. The molecule has 0 saturated heterocycles. The molecule has 1 unspecified atom stereocenters. The second-order valence-electron chi connectivity index (χ2n) is 6.48. The lowest BCUT2D eigenvalue weighted by Gasteiger charge is -2.14. The van der Waals surface area contributed by atoms with E-state index in [0.29, 0.717) is 17.9 Å². The Kier molecular flexibility index (Phi) is 4.32. The molecule has 0 radical (unpaired) electrons. The van der Waals surface area contributed by atoms with Crippen LogP contribution < -0.4 is 24.3 Å². The van der Waals surface area contributed by atoms with Crippen LogP contribution in [0, 0.1) is 5.92 Å². The van der Waals surface area contributed by atoms with E-state index in [4.69, 9.17) is 18.9 Å². The average molecular weight is 355 g/mol. The summed E-state index contributed by atoms with van der Waals surface area (Å²) < 4.78 is 21.5. The third-order valence-corrected chi connectivity index (χ3v) is 4.92. The van der Waals surface area contributed by atoms with Crippen molar-refractivity contribution in [2.24, 2.45) is 5.92 Å². The highest BCUT2D eigenvalue weighted by Crippen LogP contribution is 2.37. The number of aryl methyl sites for hydroxylation is 1. The molecule has 0 saturated carbocycles. The molecule has 2 aliphatic rings. The van der Waals surface area contributed by atoms with E-state index in [2.05, 4.69) is 5.32 Å². The number of fused-ring (bicyclic) bond motifs is 2. The fourth-order valence-corrected chi connectivity index (χ4v) is 3.49. The fraction of sp³-hybridized carbons (Fsp3) is 0.350. The number of carbonyl (C=O) groups excluding carboxylic acids is 1. The van der Waals surface area contributed by atoms with Crippen molar-refractivity contribution in [3.05, 3.63) is 41.5 Å². The first-order valence-electron chi connectivity index (χ1n) is 8.62. The van der Waals surface area contributed by atoms with E-state index in [-0.39, 0.29) is 18.6 Å². The van der Waals surface area contributed by atoms with Gasteiger partial charge >= 0.3 is 0 Å². The van der Waals surface area contributed by atoms with Crippen LogP contribution in [-0.2, 0) is 17.6 Å². The molecule has 0 bridgehead atoms. The van der Waals surface area contributed by atoms with Crippen LogP contribution >= 0.6 is 0 Å². The van der Waals surface area contributed by atoms with Crippen LogP contribution in [-0.4, -0.2) is 26.9 Å². The Hall–Kier alpha value is -2.89. The highest BCUT2D eigenvalue weighted by atomic mass is 16.7. The molecule has 0 fully saturated rings. The minimum Gasteiger partial charge on any atom is -0.493 e. The zero-order valence-electron chi connectivity index (χ0n) is 14.8. The molecule has 1 N–H and O–H groups in total. The monoisotopic (exact) mass is 355 g/mol. The number of benzene rings is 2. The van der Waals surface area contributed by atoms with Crippen LogP contribution in [0.2, 0.25) is 0 Å². The number of amides is 1. The van der Waals surface area contributed by atoms with Gasteiger partial charge in [-0.15, -0.1) is 0 Å². The maximum atomic E-state index is 12.7. The number of ether oxygens (including phenoxy) is 4. The Bertz CT molecular complexity index is 848. The molecule has 6 heteroatoms. The van der Waals surface area contributed by atoms with Crippen molar-refractivity contribution in [1.82, 2.24) is 0 Å². The summed E-state index contributed by atoms with van der Waals surface area (Å²) in [7, 11) is 3.20. The van der Waals surface area contributed by atoms with Crippen LogP contribution in [0.1, 0.15) is 17.5 Å². The highest BCUT2D eigenvalue weighted by Gasteiger charge is 2.26. The predicted octanol–water partition coefficient (Wildman–Crippen LogP) is 3.18. The maximum absolute atomic E-state index is 12.7. The van der Waals surface area contributed by atoms with Crippen LogP contribution in [0.3, 0.4) is 0 Å². The van der Waals surface area contributed by atoms with Gasteiger partial charge < -0.3 is 24.3 Å². The number of nitrogens with one attached hydrogen (secondary N) is 1. The van der Waals surface area contributed by atoms with Crippen LogP contribution in [0.4, 0.5) is 5.69 Å². The summed E-state index contributed by atoms with van der Waals surface area (Å²) in [5.74, 6) is 2.70. The molecule has 2 aliphatic heterocycles. The van der Waals surface area contributed by atoms with Gasteiger partial charge in [0.05, 0.1) is 14.2 Å². The smallest absolute Gasteiger partial charge is 0.231 e. The lowest BCUT2D eigenvalue weighted by molar-refractivity contribution is -0.119. The third kappa shape index (κ3) is 3.03. The minimum absolute atomic E-state index is 0.0219. The summed E-state index contributed by atoms with van der Waals surface area (Å²) >= 11 is 0. The number of hydrogen-bond donors (Lipinski definition) is 1. The molecule has 1 amide bonds. The normalized spacial score (nSPS) is 17.9. The van der Waals surface area contributed by atoms with Gasteiger partial charge in [0, 0.05) is 17.7 Å². The molecule has 1 atom stereocenters. The molecule has 26 heavy (non-hydrogen) atoms. The zero-order chi connectivity index (χ0) is 18.1. The SMILES string of the molecule is COc1cc2c(cc1OC)NC(=O)C(Cc1ccc3c(c1)OCO3)CC2. The summed E-state index contributed by atoms with van der Waals surface area (Å²) in [4.78, 5) is 12.7. The van der Waals surface area contributed by atoms with Crippen molar-refractivity contribution < 1.29 is 23.7 Å². The summed E-state index contributed by atoms with van der Waals surface area (Å²) in [5.41, 5.74) is 2.92. The van der Waals surface area contributed by atoms with Gasteiger partial charge in [-0.3, -0.25) is 4.79 Å². The largest absolute Gasteiger partial charge is 0.493 e. The minimum atomic E-state index is -0.111. The van der Waals surface area contributed by atoms with E-state index >= 15 is 0 Å². The van der Waals surface area contributed by atoms with Crippen LogP contribution in [0.5, 0.6) is 23.0 Å². The number of rotatable bonds is 4. The molecule has 2 aromatic carbocycles. The van der Waals surface area contributed by atoms with Gasteiger partial charge in [0.1, 0.15) is 0 Å². The van der Waals surface area contributed by atoms with Crippen molar-refractivity contribution in [1.29, 1.82) is 0 Å². The van der Waals surface area contributed by atoms with E-state index in [1.807, 2.05) is 30.3 Å². The van der Waals surface area contributed by atoms with Gasteiger partial charge in [0.25, 0.3) is 0 Å². The van der Waals surface area contributed by atoms with Gasteiger partial charge in [0.15, 0.2) is 23.0 Å². The van der Waals surface area contributed by atoms with E-state index in [9.17, 15) is 4.79 Å². The third-order valence-electron chi connectivity index (χ3n) is 4.92. The molecule has 4 rings (SSSR count). The first-order chi connectivity index (χ1) is 12.7. The topological polar surface area (TPSA) is 66.0 Å².